The summed E-state index contributed by atoms with van der Waals surface area (Å²) in [7, 11) is 0. The van der Waals surface area contributed by atoms with E-state index < -0.39 is 27.9 Å². The Bertz CT molecular complexity index is 551. The average molecular weight is 269 g/mol. The van der Waals surface area contributed by atoms with Crippen molar-refractivity contribution in [1.29, 1.82) is 0 Å². The number of nitro groups is 1. The Morgan fingerprint density at radius 3 is 2.79 bits per heavy atom. The number of hydrogen-bond acceptors (Lipinski definition) is 5. The SMILES string of the molecule is NC1(C(=O)O)CCN(c2cccc(F)c2[N+](=O)[O-])C1. The van der Waals surface area contributed by atoms with Gasteiger partial charge >= 0.3 is 11.7 Å². The molecule has 1 atom stereocenters. The van der Waals surface area contributed by atoms with Crippen LogP contribution < -0.4 is 10.6 Å². The minimum Gasteiger partial charge on any atom is -0.480 e. The van der Waals surface area contributed by atoms with Crippen LogP contribution in [0.3, 0.4) is 0 Å². The monoisotopic (exact) mass is 269 g/mol. The molecule has 2 rings (SSSR count). The first-order valence-electron chi connectivity index (χ1n) is 5.55. The molecular formula is C11H12FN3O4. The van der Waals surface area contributed by atoms with Gasteiger partial charge < -0.3 is 15.7 Å². The number of anilines is 1. The zero-order valence-electron chi connectivity index (χ0n) is 9.88. The van der Waals surface area contributed by atoms with Gasteiger partial charge in [-0.05, 0) is 18.6 Å². The van der Waals surface area contributed by atoms with E-state index in [0.29, 0.717) is 0 Å². The molecule has 0 amide bonds. The lowest BCUT2D eigenvalue weighted by Crippen LogP contribution is -2.50. The maximum absolute atomic E-state index is 13.5. The summed E-state index contributed by atoms with van der Waals surface area (Å²) in [5.41, 5.74) is 3.63. The number of nitrogens with two attached hydrogens (primary N) is 1. The second-order valence-corrected chi connectivity index (χ2v) is 4.50. The Balaban J connectivity index is 2.37. The summed E-state index contributed by atoms with van der Waals surface area (Å²) < 4.78 is 13.5. The van der Waals surface area contributed by atoms with Gasteiger partial charge in [0.1, 0.15) is 11.2 Å². The number of halogens is 1. The fourth-order valence-corrected chi connectivity index (χ4v) is 2.15. The molecule has 1 unspecified atom stereocenters. The van der Waals surface area contributed by atoms with Gasteiger partial charge in [0.25, 0.3) is 0 Å². The van der Waals surface area contributed by atoms with E-state index in [1.807, 2.05) is 0 Å². The van der Waals surface area contributed by atoms with Gasteiger partial charge in [0.15, 0.2) is 0 Å². The van der Waals surface area contributed by atoms with Crippen LogP contribution >= 0.6 is 0 Å². The molecule has 8 heteroatoms. The largest absolute Gasteiger partial charge is 0.480 e. The highest BCUT2D eigenvalue weighted by Gasteiger charge is 2.43. The van der Waals surface area contributed by atoms with Crippen LogP contribution in [-0.2, 0) is 4.79 Å². The first-order valence-corrected chi connectivity index (χ1v) is 5.55. The lowest BCUT2D eigenvalue weighted by molar-refractivity contribution is -0.386. The summed E-state index contributed by atoms with van der Waals surface area (Å²) in [6.07, 6.45) is 0.149. The molecule has 19 heavy (non-hydrogen) atoms. The number of aliphatic carboxylic acids is 1. The number of rotatable bonds is 3. The Hall–Kier alpha value is -2.22. The number of carbonyl (C=O) groups is 1. The summed E-state index contributed by atoms with van der Waals surface area (Å²) in [5.74, 6) is -2.12. The van der Waals surface area contributed by atoms with E-state index in [-0.39, 0.29) is 25.2 Å². The molecule has 1 heterocycles. The Labute approximate surface area is 107 Å². The van der Waals surface area contributed by atoms with Crippen molar-refractivity contribution in [3.63, 3.8) is 0 Å². The molecule has 1 aliphatic heterocycles. The number of benzene rings is 1. The van der Waals surface area contributed by atoms with Crippen LogP contribution in [0.5, 0.6) is 0 Å². The highest BCUT2D eigenvalue weighted by Crippen LogP contribution is 2.34. The summed E-state index contributed by atoms with van der Waals surface area (Å²) in [6.45, 7) is 0.139. The van der Waals surface area contributed by atoms with Crippen LogP contribution in [0.2, 0.25) is 0 Å². The van der Waals surface area contributed by atoms with E-state index in [0.717, 1.165) is 6.07 Å². The van der Waals surface area contributed by atoms with E-state index in [1.54, 1.807) is 0 Å². The van der Waals surface area contributed by atoms with Crippen molar-refractivity contribution in [2.45, 2.75) is 12.0 Å². The molecule has 7 nitrogen and oxygen atoms in total. The molecule has 0 spiro atoms. The highest BCUT2D eigenvalue weighted by atomic mass is 19.1. The predicted molar refractivity (Wildman–Crippen MR) is 64.4 cm³/mol. The molecule has 0 bridgehead atoms. The minimum absolute atomic E-state index is 0.0542. The molecule has 1 saturated heterocycles. The van der Waals surface area contributed by atoms with Crippen LogP contribution in [0.1, 0.15) is 6.42 Å². The Morgan fingerprint density at radius 2 is 2.26 bits per heavy atom. The fourth-order valence-electron chi connectivity index (χ4n) is 2.15. The molecule has 0 aliphatic carbocycles. The van der Waals surface area contributed by atoms with Crippen molar-refractivity contribution in [3.05, 3.63) is 34.1 Å². The van der Waals surface area contributed by atoms with Gasteiger partial charge in [-0.2, -0.15) is 4.39 Å². The number of nitro benzene ring substituents is 1. The Morgan fingerprint density at radius 1 is 1.58 bits per heavy atom. The molecule has 102 valence electrons. The quantitative estimate of drug-likeness (QED) is 0.618. The fraction of sp³-hybridized carbons (Fsp3) is 0.364. The molecule has 1 aromatic rings. The van der Waals surface area contributed by atoms with Gasteiger partial charge in [0, 0.05) is 13.1 Å². The summed E-state index contributed by atoms with van der Waals surface area (Å²) >= 11 is 0. The third kappa shape index (κ3) is 2.22. The van der Waals surface area contributed by atoms with E-state index in [9.17, 15) is 19.3 Å². The molecule has 1 fully saturated rings. The van der Waals surface area contributed by atoms with Crippen LogP contribution in [0.15, 0.2) is 18.2 Å². The number of para-hydroxylation sites is 1. The number of carboxylic acids is 1. The van der Waals surface area contributed by atoms with E-state index in [4.69, 9.17) is 10.8 Å². The maximum atomic E-state index is 13.5. The summed E-state index contributed by atoms with van der Waals surface area (Å²) in [5, 5.41) is 19.9. The molecule has 0 aromatic heterocycles. The van der Waals surface area contributed by atoms with Gasteiger partial charge in [0.2, 0.25) is 5.82 Å². The molecular weight excluding hydrogens is 257 g/mol. The first kappa shape index (κ1) is 13.2. The van der Waals surface area contributed by atoms with Crippen LogP contribution in [-0.4, -0.2) is 34.6 Å². The second kappa shape index (κ2) is 4.47. The van der Waals surface area contributed by atoms with Crippen molar-refractivity contribution < 1.29 is 19.2 Å². The zero-order valence-corrected chi connectivity index (χ0v) is 9.88. The minimum atomic E-state index is -1.46. The van der Waals surface area contributed by atoms with Crippen LogP contribution in [0.4, 0.5) is 15.8 Å². The van der Waals surface area contributed by atoms with Crippen molar-refractivity contribution in [2.75, 3.05) is 18.0 Å². The number of nitrogens with zero attached hydrogens (tertiary/aromatic N) is 2. The Kier molecular flexibility index (Phi) is 3.11. The van der Waals surface area contributed by atoms with Gasteiger partial charge in [-0.1, -0.05) is 6.07 Å². The molecule has 3 N–H and O–H groups in total. The van der Waals surface area contributed by atoms with Crippen LogP contribution in [0, 0.1) is 15.9 Å². The second-order valence-electron chi connectivity index (χ2n) is 4.50. The van der Waals surface area contributed by atoms with Gasteiger partial charge in [0.05, 0.1) is 4.92 Å². The third-order valence-electron chi connectivity index (χ3n) is 3.22. The summed E-state index contributed by atoms with van der Waals surface area (Å²) in [4.78, 5) is 22.5. The normalized spacial score (nSPS) is 22.5. The van der Waals surface area contributed by atoms with Gasteiger partial charge in [-0.3, -0.25) is 14.9 Å². The first-order chi connectivity index (χ1) is 8.85. The predicted octanol–water partition coefficient (Wildman–Crippen LogP) is 0.726. The standard InChI is InChI=1S/C11H12FN3O4/c12-7-2-1-3-8(9(7)15(18)19)14-5-4-11(13,6-14)10(16)17/h1-3H,4-6,13H2,(H,16,17). The molecule has 0 radical (unpaired) electrons. The van der Waals surface area contributed by atoms with Crippen molar-refractivity contribution in [2.24, 2.45) is 5.73 Å². The topological polar surface area (TPSA) is 110 Å². The van der Waals surface area contributed by atoms with E-state index in [2.05, 4.69) is 0 Å². The lowest BCUT2D eigenvalue weighted by Gasteiger charge is -2.21. The molecule has 1 aromatic carbocycles. The van der Waals surface area contributed by atoms with Crippen molar-refractivity contribution in [1.82, 2.24) is 0 Å². The number of carboxylic acid groups (broad SMARTS) is 1. The zero-order chi connectivity index (χ0) is 14.2. The maximum Gasteiger partial charge on any atom is 0.327 e. The van der Waals surface area contributed by atoms with E-state index >= 15 is 0 Å². The molecule has 0 saturated carbocycles. The highest BCUT2D eigenvalue weighted by molar-refractivity contribution is 5.81. The van der Waals surface area contributed by atoms with Gasteiger partial charge in [-0.15, -0.1) is 0 Å². The average Bonchev–Trinajstić information content (AvgIpc) is 2.72. The van der Waals surface area contributed by atoms with Crippen molar-refractivity contribution >= 4 is 17.3 Å². The smallest absolute Gasteiger partial charge is 0.327 e. The van der Waals surface area contributed by atoms with Crippen LogP contribution in [0.25, 0.3) is 0 Å². The third-order valence-corrected chi connectivity index (χ3v) is 3.22. The van der Waals surface area contributed by atoms with E-state index in [1.165, 1.54) is 17.0 Å². The van der Waals surface area contributed by atoms with Gasteiger partial charge in [-0.25, -0.2) is 0 Å². The summed E-state index contributed by atoms with van der Waals surface area (Å²) in [6, 6.07) is 3.72. The lowest BCUT2D eigenvalue weighted by atomic mass is 10.0. The molecule has 1 aliphatic rings. The van der Waals surface area contributed by atoms with Crippen molar-refractivity contribution in [3.8, 4) is 0 Å². The number of hydrogen-bond donors (Lipinski definition) is 2.